The maximum atomic E-state index is 13.0. The highest BCUT2D eigenvalue weighted by molar-refractivity contribution is 6.18. The number of ether oxygens (including phenoxy) is 1. The van der Waals surface area contributed by atoms with Gasteiger partial charge in [0.25, 0.3) is 5.91 Å². The summed E-state index contributed by atoms with van der Waals surface area (Å²) in [5.74, 6) is 0.459. The number of amides is 2. The van der Waals surface area contributed by atoms with E-state index in [-0.39, 0.29) is 11.8 Å². The Morgan fingerprint density at radius 3 is 2.74 bits per heavy atom. The monoisotopic (exact) mass is 391 g/mol. The third kappa shape index (κ3) is 4.82. The van der Waals surface area contributed by atoms with Crippen LogP contribution in [0.15, 0.2) is 30.0 Å². The Kier molecular flexibility index (Phi) is 6.74. The Hall–Kier alpha value is -2.05. The minimum absolute atomic E-state index is 0.0291. The summed E-state index contributed by atoms with van der Waals surface area (Å²) in [7, 11) is 0. The molecule has 1 aromatic rings. The number of benzene rings is 1. The van der Waals surface area contributed by atoms with Crippen molar-refractivity contribution in [1.82, 2.24) is 4.90 Å². The van der Waals surface area contributed by atoms with Crippen molar-refractivity contribution in [2.75, 3.05) is 48.9 Å². The zero-order valence-corrected chi connectivity index (χ0v) is 16.4. The van der Waals surface area contributed by atoms with E-state index in [9.17, 15) is 9.59 Å². The van der Waals surface area contributed by atoms with Gasteiger partial charge in [-0.1, -0.05) is 6.08 Å². The normalized spacial score (nSPS) is 17.7. The van der Waals surface area contributed by atoms with Crippen molar-refractivity contribution in [1.29, 1.82) is 0 Å². The maximum Gasteiger partial charge on any atom is 0.274 e. The van der Waals surface area contributed by atoms with Crippen LogP contribution in [-0.2, 0) is 14.3 Å². The first kappa shape index (κ1) is 19.7. The van der Waals surface area contributed by atoms with Crippen molar-refractivity contribution in [2.45, 2.75) is 26.2 Å². The summed E-state index contributed by atoms with van der Waals surface area (Å²) in [4.78, 5) is 28.9. The van der Waals surface area contributed by atoms with Gasteiger partial charge in [-0.2, -0.15) is 0 Å². The molecule has 0 saturated carbocycles. The molecule has 1 N–H and O–H groups in total. The van der Waals surface area contributed by atoms with E-state index in [2.05, 4.69) is 10.2 Å². The summed E-state index contributed by atoms with van der Waals surface area (Å²) in [5, 5.41) is 2.91. The molecule has 27 heavy (non-hydrogen) atoms. The Morgan fingerprint density at radius 2 is 2.04 bits per heavy atom. The van der Waals surface area contributed by atoms with Crippen LogP contribution in [0.1, 0.15) is 24.8 Å². The predicted octanol–water partition coefficient (Wildman–Crippen LogP) is 2.91. The van der Waals surface area contributed by atoms with Crippen LogP contribution >= 0.6 is 11.6 Å². The fourth-order valence-electron chi connectivity index (χ4n) is 3.37. The summed E-state index contributed by atoms with van der Waals surface area (Å²) in [6, 6.07) is 5.71. The molecule has 2 aliphatic heterocycles. The molecule has 2 amide bonds. The standard InChI is InChI=1S/C20H26ClN3O3/c1-15-14-16(6-7-17(15)22-19(25)5-2-8-21)24-9-3-4-18(20(24)26)23-10-12-27-13-11-23/h4,6-7,14H,2-3,5,8-13H2,1H3,(H,22,25). The van der Waals surface area contributed by atoms with E-state index in [1.165, 1.54) is 0 Å². The lowest BCUT2D eigenvalue weighted by Crippen LogP contribution is -2.45. The van der Waals surface area contributed by atoms with Gasteiger partial charge < -0.3 is 19.9 Å². The third-order valence-corrected chi connectivity index (χ3v) is 5.11. The van der Waals surface area contributed by atoms with Crippen molar-refractivity contribution in [3.8, 4) is 0 Å². The second kappa shape index (κ2) is 9.24. The summed E-state index contributed by atoms with van der Waals surface area (Å²) < 4.78 is 5.39. The minimum Gasteiger partial charge on any atom is -0.378 e. The van der Waals surface area contributed by atoms with Crippen LogP contribution in [0.4, 0.5) is 11.4 Å². The number of nitrogens with one attached hydrogen (secondary N) is 1. The van der Waals surface area contributed by atoms with Crippen molar-refractivity contribution in [2.24, 2.45) is 0 Å². The van der Waals surface area contributed by atoms with Crippen LogP contribution in [0, 0.1) is 6.92 Å². The average Bonchev–Trinajstić information content (AvgIpc) is 2.69. The zero-order chi connectivity index (χ0) is 19.2. The Balaban J connectivity index is 1.70. The molecule has 2 aliphatic rings. The van der Waals surface area contributed by atoms with Gasteiger partial charge in [0.2, 0.25) is 5.91 Å². The maximum absolute atomic E-state index is 13.0. The molecule has 3 rings (SSSR count). The minimum atomic E-state index is -0.0434. The molecule has 0 spiro atoms. The van der Waals surface area contributed by atoms with Gasteiger partial charge in [0.15, 0.2) is 0 Å². The van der Waals surface area contributed by atoms with Gasteiger partial charge >= 0.3 is 0 Å². The molecule has 1 saturated heterocycles. The number of hydrogen-bond acceptors (Lipinski definition) is 4. The highest BCUT2D eigenvalue weighted by Gasteiger charge is 2.28. The SMILES string of the molecule is Cc1cc(N2CCC=C(N3CCOCC3)C2=O)ccc1NC(=O)CCCCl. The molecule has 0 radical (unpaired) electrons. The lowest BCUT2D eigenvalue weighted by atomic mass is 10.1. The van der Waals surface area contributed by atoms with Crippen LogP contribution in [0.3, 0.4) is 0 Å². The molecule has 1 fully saturated rings. The molecule has 146 valence electrons. The van der Waals surface area contributed by atoms with E-state index in [0.717, 1.165) is 42.1 Å². The quantitative estimate of drug-likeness (QED) is 0.757. The van der Waals surface area contributed by atoms with Gasteiger partial charge in [0, 0.05) is 43.3 Å². The fourth-order valence-corrected chi connectivity index (χ4v) is 3.50. The van der Waals surface area contributed by atoms with Gasteiger partial charge in [-0.05, 0) is 43.5 Å². The second-order valence-corrected chi connectivity index (χ2v) is 7.15. The highest BCUT2D eigenvalue weighted by Crippen LogP contribution is 2.27. The summed E-state index contributed by atoms with van der Waals surface area (Å²) in [6.45, 7) is 5.40. The molecule has 2 heterocycles. The molecule has 0 atom stereocenters. The van der Waals surface area contributed by atoms with Crippen molar-refractivity contribution >= 4 is 34.8 Å². The van der Waals surface area contributed by atoms with Gasteiger partial charge in [-0.3, -0.25) is 9.59 Å². The lowest BCUT2D eigenvalue weighted by Gasteiger charge is -2.35. The molecule has 7 heteroatoms. The number of halogens is 1. The number of carbonyl (C=O) groups is 2. The Labute approximate surface area is 165 Å². The summed E-state index contributed by atoms with van der Waals surface area (Å²) >= 11 is 5.64. The number of aryl methyl sites for hydroxylation is 1. The Morgan fingerprint density at radius 1 is 1.26 bits per heavy atom. The molecule has 0 bridgehead atoms. The third-order valence-electron chi connectivity index (χ3n) is 4.84. The molecule has 6 nitrogen and oxygen atoms in total. The van der Waals surface area contributed by atoms with E-state index in [1.54, 1.807) is 0 Å². The predicted molar refractivity (Wildman–Crippen MR) is 107 cm³/mol. The number of hydrogen-bond donors (Lipinski definition) is 1. The fraction of sp³-hybridized carbons (Fsp3) is 0.500. The number of anilines is 2. The van der Waals surface area contributed by atoms with Crippen molar-refractivity contribution < 1.29 is 14.3 Å². The van der Waals surface area contributed by atoms with E-state index in [0.29, 0.717) is 38.5 Å². The summed E-state index contributed by atoms with van der Waals surface area (Å²) in [5.41, 5.74) is 3.32. The number of carbonyl (C=O) groups excluding carboxylic acids is 2. The molecular weight excluding hydrogens is 366 g/mol. The number of alkyl halides is 1. The van der Waals surface area contributed by atoms with E-state index in [4.69, 9.17) is 16.3 Å². The summed E-state index contributed by atoms with van der Waals surface area (Å²) in [6.07, 6.45) is 3.92. The largest absolute Gasteiger partial charge is 0.378 e. The van der Waals surface area contributed by atoms with Crippen LogP contribution in [0.25, 0.3) is 0 Å². The van der Waals surface area contributed by atoms with Crippen LogP contribution in [-0.4, -0.2) is 55.4 Å². The molecule has 1 aromatic carbocycles. The van der Waals surface area contributed by atoms with Gasteiger partial charge in [0.1, 0.15) is 0 Å². The van der Waals surface area contributed by atoms with E-state index >= 15 is 0 Å². The first-order chi connectivity index (χ1) is 13.1. The van der Waals surface area contributed by atoms with Gasteiger partial charge in [-0.15, -0.1) is 11.6 Å². The highest BCUT2D eigenvalue weighted by atomic mass is 35.5. The van der Waals surface area contributed by atoms with Crippen LogP contribution in [0.2, 0.25) is 0 Å². The first-order valence-electron chi connectivity index (χ1n) is 9.41. The second-order valence-electron chi connectivity index (χ2n) is 6.77. The topological polar surface area (TPSA) is 61.9 Å². The number of rotatable bonds is 6. The average molecular weight is 392 g/mol. The molecule has 0 aliphatic carbocycles. The van der Waals surface area contributed by atoms with E-state index in [1.807, 2.05) is 36.1 Å². The van der Waals surface area contributed by atoms with Crippen molar-refractivity contribution in [3.63, 3.8) is 0 Å². The van der Waals surface area contributed by atoms with Crippen LogP contribution in [0.5, 0.6) is 0 Å². The molecular formula is C20H26ClN3O3. The van der Waals surface area contributed by atoms with E-state index < -0.39 is 0 Å². The smallest absolute Gasteiger partial charge is 0.274 e. The van der Waals surface area contributed by atoms with Crippen LogP contribution < -0.4 is 10.2 Å². The first-order valence-corrected chi connectivity index (χ1v) is 9.95. The van der Waals surface area contributed by atoms with Gasteiger partial charge in [-0.25, -0.2) is 0 Å². The zero-order valence-electron chi connectivity index (χ0n) is 15.7. The van der Waals surface area contributed by atoms with Crippen molar-refractivity contribution in [3.05, 3.63) is 35.5 Å². The number of nitrogens with zero attached hydrogens (tertiary/aromatic N) is 2. The van der Waals surface area contributed by atoms with Gasteiger partial charge in [0.05, 0.1) is 18.9 Å². The Bertz CT molecular complexity index is 729. The lowest BCUT2D eigenvalue weighted by molar-refractivity contribution is -0.118. The molecule has 0 aromatic heterocycles. The number of morpholine rings is 1. The molecule has 0 unspecified atom stereocenters.